The summed E-state index contributed by atoms with van der Waals surface area (Å²) < 4.78 is 5.67. The first kappa shape index (κ1) is 16.1. The second-order valence-electron chi connectivity index (χ2n) is 5.71. The van der Waals surface area contributed by atoms with Gasteiger partial charge in [-0.3, -0.25) is 0 Å². The van der Waals surface area contributed by atoms with E-state index in [1.165, 1.54) is 5.56 Å². The topological polar surface area (TPSA) is 73.1 Å². The number of nitrogens with one attached hydrogen (secondary N) is 1. The van der Waals surface area contributed by atoms with Crippen molar-refractivity contribution in [3.05, 3.63) is 41.7 Å². The third kappa shape index (κ3) is 4.62. The van der Waals surface area contributed by atoms with E-state index in [-0.39, 0.29) is 0 Å². The van der Waals surface area contributed by atoms with Crippen molar-refractivity contribution in [1.29, 1.82) is 0 Å². The number of nitrogens with two attached hydrogens (primary N) is 1. The normalized spacial score (nSPS) is 10.7. The summed E-state index contributed by atoms with van der Waals surface area (Å²) in [5.74, 6) is 2.17. The summed E-state index contributed by atoms with van der Waals surface area (Å²) in [4.78, 5) is 8.64. The van der Waals surface area contributed by atoms with Crippen LogP contribution in [0.5, 0.6) is 5.88 Å². The van der Waals surface area contributed by atoms with Crippen LogP contribution in [0.3, 0.4) is 0 Å². The first-order valence-corrected chi connectivity index (χ1v) is 7.61. The van der Waals surface area contributed by atoms with Crippen LogP contribution in [-0.2, 0) is 6.42 Å². The number of hydrogen-bond donors (Lipinski definition) is 2. The van der Waals surface area contributed by atoms with Crippen molar-refractivity contribution in [2.24, 2.45) is 5.92 Å². The smallest absolute Gasteiger partial charge is 0.242 e. The van der Waals surface area contributed by atoms with Gasteiger partial charge in [0.1, 0.15) is 11.5 Å². The highest BCUT2D eigenvalue weighted by Gasteiger charge is 2.11. The van der Waals surface area contributed by atoms with E-state index in [2.05, 4.69) is 41.3 Å². The van der Waals surface area contributed by atoms with Crippen molar-refractivity contribution in [3.8, 4) is 5.88 Å². The summed E-state index contributed by atoms with van der Waals surface area (Å²) in [7, 11) is 0. The Kier molecular flexibility index (Phi) is 5.58. The van der Waals surface area contributed by atoms with Crippen LogP contribution in [0.4, 0.5) is 11.5 Å². The maximum absolute atomic E-state index is 6.11. The number of benzene rings is 1. The molecule has 0 saturated heterocycles. The quantitative estimate of drug-likeness (QED) is 0.822. The lowest BCUT2D eigenvalue weighted by Crippen LogP contribution is -2.13. The highest BCUT2D eigenvalue weighted by Crippen LogP contribution is 2.26. The molecule has 0 saturated carbocycles. The van der Waals surface area contributed by atoms with E-state index >= 15 is 0 Å². The zero-order valence-corrected chi connectivity index (χ0v) is 13.5. The molecular weight excluding hydrogens is 276 g/mol. The molecule has 0 aliphatic carbocycles. The van der Waals surface area contributed by atoms with Crippen molar-refractivity contribution in [2.75, 3.05) is 24.2 Å². The van der Waals surface area contributed by atoms with Crippen LogP contribution in [0.2, 0.25) is 0 Å². The third-order valence-electron chi connectivity index (χ3n) is 3.12. The minimum atomic E-state index is 0.421. The summed E-state index contributed by atoms with van der Waals surface area (Å²) in [6, 6.07) is 10.3. The molecule has 0 amide bonds. The maximum Gasteiger partial charge on any atom is 0.242 e. The van der Waals surface area contributed by atoms with Gasteiger partial charge in [0, 0.05) is 6.54 Å². The Balaban J connectivity index is 2.00. The Morgan fingerprint density at radius 2 is 1.91 bits per heavy atom. The van der Waals surface area contributed by atoms with Crippen LogP contribution in [0, 0.1) is 12.8 Å². The molecule has 1 heterocycles. The number of anilines is 2. The van der Waals surface area contributed by atoms with Gasteiger partial charge in [-0.25, -0.2) is 4.98 Å². The highest BCUT2D eigenvalue weighted by molar-refractivity contribution is 5.66. The Labute approximate surface area is 131 Å². The van der Waals surface area contributed by atoms with Crippen LogP contribution >= 0.6 is 0 Å². The molecule has 2 aromatic rings. The number of nitrogen functional groups attached to an aromatic ring is 1. The van der Waals surface area contributed by atoms with E-state index in [1.54, 1.807) is 0 Å². The minimum absolute atomic E-state index is 0.421. The minimum Gasteiger partial charge on any atom is -0.476 e. The van der Waals surface area contributed by atoms with Gasteiger partial charge in [-0.2, -0.15) is 4.98 Å². The first-order valence-electron chi connectivity index (χ1n) is 7.61. The number of ether oxygens (including phenoxy) is 1. The molecule has 0 unspecified atom stereocenters. The Bertz CT molecular complexity index is 599. The molecule has 22 heavy (non-hydrogen) atoms. The van der Waals surface area contributed by atoms with E-state index in [1.807, 2.05) is 25.1 Å². The summed E-state index contributed by atoms with van der Waals surface area (Å²) in [6.07, 6.45) is 0.908. The van der Waals surface area contributed by atoms with E-state index in [9.17, 15) is 0 Å². The van der Waals surface area contributed by atoms with Gasteiger partial charge in [-0.05, 0) is 24.8 Å². The lowest BCUT2D eigenvalue weighted by Gasteiger charge is -2.14. The van der Waals surface area contributed by atoms with Crippen molar-refractivity contribution in [1.82, 2.24) is 9.97 Å². The first-order chi connectivity index (χ1) is 10.6. The van der Waals surface area contributed by atoms with Crippen molar-refractivity contribution >= 4 is 11.5 Å². The van der Waals surface area contributed by atoms with E-state index < -0.39 is 0 Å². The zero-order chi connectivity index (χ0) is 15.9. The molecule has 5 nitrogen and oxygen atoms in total. The molecule has 3 N–H and O–H groups in total. The van der Waals surface area contributed by atoms with Gasteiger partial charge in [0.15, 0.2) is 5.82 Å². The molecule has 0 bridgehead atoms. The number of aromatic nitrogens is 2. The summed E-state index contributed by atoms with van der Waals surface area (Å²) in [5, 5.41) is 3.27. The van der Waals surface area contributed by atoms with Crippen LogP contribution in [0.15, 0.2) is 30.3 Å². The predicted molar refractivity (Wildman–Crippen MR) is 90.2 cm³/mol. The molecular formula is C17H24N4O. The SMILES string of the molecule is Cc1nc(NCCc2ccccc2)c(N)c(OCC(C)C)n1. The van der Waals surface area contributed by atoms with Gasteiger partial charge in [-0.15, -0.1) is 0 Å². The fourth-order valence-corrected chi connectivity index (χ4v) is 2.02. The summed E-state index contributed by atoms with van der Waals surface area (Å²) >= 11 is 0. The fraction of sp³-hybridized carbons (Fsp3) is 0.412. The average molecular weight is 300 g/mol. The molecule has 0 spiro atoms. The predicted octanol–water partition coefficient (Wildman–Crippen LogP) is 3.06. The monoisotopic (exact) mass is 300 g/mol. The van der Waals surface area contributed by atoms with Crippen molar-refractivity contribution < 1.29 is 4.74 Å². The average Bonchev–Trinajstić information content (AvgIpc) is 2.50. The molecule has 0 fully saturated rings. The Morgan fingerprint density at radius 1 is 1.18 bits per heavy atom. The Hall–Kier alpha value is -2.30. The second kappa shape index (κ2) is 7.64. The third-order valence-corrected chi connectivity index (χ3v) is 3.12. The molecule has 2 rings (SSSR count). The van der Waals surface area contributed by atoms with Gasteiger partial charge in [0.05, 0.1) is 6.61 Å². The molecule has 1 aromatic heterocycles. The molecule has 1 aromatic carbocycles. The van der Waals surface area contributed by atoms with Crippen LogP contribution < -0.4 is 15.8 Å². The molecule has 0 atom stereocenters. The van der Waals surface area contributed by atoms with Crippen LogP contribution in [0.25, 0.3) is 0 Å². The van der Waals surface area contributed by atoms with Crippen LogP contribution in [-0.4, -0.2) is 23.1 Å². The highest BCUT2D eigenvalue weighted by atomic mass is 16.5. The second-order valence-corrected chi connectivity index (χ2v) is 5.71. The molecule has 0 radical (unpaired) electrons. The molecule has 5 heteroatoms. The van der Waals surface area contributed by atoms with Crippen molar-refractivity contribution in [2.45, 2.75) is 27.2 Å². The standard InChI is InChI=1S/C17H24N4O/c1-12(2)11-22-17-15(18)16(20-13(3)21-17)19-10-9-14-7-5-4-6-8-14/h4-8,12H,9-11,18H2,1-3H3,(H,19,20,21). The Morgan fingerprint density at radius 3 is 2.59 bits per heavy atom. The largest absolute Gasteiger partial charge is 0.476 e. The fourth-order valence-electron chi connectivity index (χ4n) is 2.02. The number of rotatable bonds is 7. The van der Waals surface area contributed by atoms with Gasteiger partial charge in [-0.1, -0.05) is 44.2 Å². The lowest BCUT2D eigenvalue weighted by atomic mass is 10.1. The molecule has 0 aliphatic rings. The molecule has 0 aliphatic heterocycles. The van der Waals surface area contributed by atoms with Gasteiger partial charge in [0.2, 0.25) is 5.88 Å². The number of hydrogen-bond acceptors (Lipinski definition) is 5. The number of aryl methyl sites for hydroxylation is 1. The van der Waals surface area contributed by atoms with Crippen LogP contribution in [0.1, 0.15) is 25.2 Å². The van der Waals surface area contributed by atoms with E-state index in [0.717, 1.165) is 13.0 Å². The van der Waals surface area contributed by atoms with Crippen molar-refractivity contribution in [3.63, 3.8) is 0 Å². The maximum atomic E-state index is 6.11. The summed E-state index contributed by atoms with van der Waals surface area (Å²) in [6.45, 7) is 7.36. The van der Waals surface area contributed by atoms with E-state index in [4.69, 9.17) is 10.5 Å². The van der Waals surface area contributed by atoms with Gasteiger partial charge >= 0.3 is 0 Å². The molecule has 118 valence electrons. The van der Waals surface area contributed by atoms with E-state index in [0.29, 0.717) is 35.7 Å². The van der Waals surface area contributed by atoms with Gasteiger partial charge in [0.25, 0.3) is 0 Å². The summed E-state index contributed by atoms with van der Waals surface area (Å²) in [5.41, 5.74) is 7.85. The van der Waals surface area contributed by atoms with Gasteiger partial charge < -0.3 is 15.8 Å². The number of nitrogens with zero attached hydrogens (tertiary/aromatic N) is 2. The zero-order valence-electron chi connectivity index (χ0n) is 13.5. The lowest BCUT2D eigenvalue weighted by molar-refractivity contribution is 0.262.